The van der Waals surface area contributed by atoms with Crippen LogP contribution in [0, 0.1) is 5.82 Å². The number of rotatable bonds is 3. The Morgan fingerprint density at radius 1 is 0.933 bits per heavy atom. The van der Waals surface area contributed by atoms with Gasteiger partial charge in [-0.1, -0.05) is 23.7 Å². The van der Waals surface area contributed by atoms with E-state index in [1.165, 1.54) is 12.5 Å². The van der Waals surface area contributed by atoms with Crippen LogP contribution >= 0.6 is 11.6 Å². The Hall–Kier alpha value is -3.19. The van der Waals surface area contributed by atoms with Crippen LogP contribution in [-0.2, 0) is 0 Å². The highest BCUT2D eigenvalue weighted by atomic mass is 35.5. The third-order valence-corrected chi connectivity index (χ3v) is 5.65. The lowest BCUT2D eigenvalue weighted by atomic mass is 10.1. The number of fused-ring (bicyclic) bond motifs is 1. The lowest BCUT2D eigenvalue weighted by Gasteiger charge is -2.26. The lowest BCUT2D eigenvalue weighted by Crippen LogP contribution is -2.31. The van der Waals surface area contributed by atoms with Crippen molar-refractivity contribution in [1.82, 2.24) is 19.7 Å². The predicted octanol–water partition coefficient (Wildman–Crippen LogP) is 4.85. The maximum Gasteiger partial charge on any atom is 0.228 e. The highest BCUT2D eigenvalue weighted by Gasteiger charge is 2.23. The zero-order chi connectivity index (χ0) is 20.7. The molecule has 6 nitrogen and oxygen atoms in total. The summed E-state index contributed by atoms with van der Waals surface area (Å²) in [5, 5.41) is 5.79. The lowest BCUT2D eigenvalue weighted by molar-refractivity contribution is 0.569. The SMILES string of the molecule is Nc1c2c(-c3ccccc3F)nc(N3CCCCC3)nc2nn1-c1ccc(Cl)cc1. The molecule has 2 aromatic carbocycles. The molecule has 1 saturated heterocycles. The number of piperidine rings is 1. The molecule has 0 amide bonds. The number of hydrogen-bond donors (Lipinski definition) is 1. The van der Waals surface area contributed by atoms with Crippen molar-refractivity contribution >= 4 is 34.4 Å². The summed E-state index contributed by atoms with van der Waals surface area (Å²) in [6, 6.07) is 13.8. The zero-order valence-corrected chi connectivity index (χ0v) is 17.0. The van der Waals surface area contributed by atoms with E-state index in [-0.39, 0.29) is 5.82 Å². The Morgan fingerprint density at radius 2 is 1.67 bits per heavy atom. The standard InChI is InChI=1S/C22H20ClFN6/c23-14-8-10-15(11-9-14)30-20(25)18-19(16-6-2-3-7-17(16)24)26-22(27-21(18)28-30)29-12-4-1-5-13-29/h2-3,6-11H,1,4-5,12-13,25H2. The van der Waals surface area contributed by atoms with Crippen molar-refractivity contribution < 1.29 is 4.39 Å². The van der Waals surface area contributed by atoms with Gasteiger partial charge < -0.3 is 10.6 Å². The Labute approximate surface area is 178 Å². The average Bonchev–Trinajstić information content (AvgIpc) is 3.11. The Balaban J connectivity index is 1.76. The summed E-state index contributed by atoms with van der Waals surface area (Å²) in [4.78, 5) is 11.6. The summed E-state index contributed by atoms with van der Waals surface area (Å²) in [6.07, 6.45) is 3.35. The van der Waals surface area contributed by atoms with Gasteiger partial charge in [-0.3, -0.25) is 0 Å². The minimum atomic E-state index is -0.360. The Kier molecular flexibility index (Phi) is 4.75. The fourth-order valence-electron chi connectivity index (χ4n) is 3.86. The predicted molar refractivity (Wildman–Crippen MR) is 118 cm³/mol. The third-order valence-electron chi connectivity index (χ3n) is 5.40. The van der Waals surface area contributed by atoms with Gasteiger partial charge in [0.25, 0.3) is 0 Å². The van der Waals surface area contributed by atoms with Crippen molar-refractivity contribution in [3.63, 3.8) is 0 Å². The number of hydrogen-bond acceptors (Lipinski definition) is 5. The van der Waals surface area contributed by atoms with Gasteiger partial charge in [0, 0.05) is 23.7 Å². The van der Waals surface area contributed by atoms with Crippen molar-refractivity contribution in [3.05, 3.63) is 59.4 Å². The molecule has 0 atom stereocenters. The van der Waals surface area contributed by atoms with Gasteiger partial charge in [0.15, 0.2) is 5.65 Å². The van der Waals surface area contributed by atoms with Crippen molar-refractivity contribution in [2.45, 2.75) is 19.3 Å². The Morgan fingerprint density at radius 3 is 2.40 bits per heavy atom. The van der Waals surface area contributed by atoms with Gasteiger partial charge in [-0.25, -0.2) is 14.1 Å². The van der Waals surface area contributed by atoms with Gasteiger partial charge in [0.2, 0.25) is 5.95 Å². The minimum Gasteiger partial charge on any atom is -0.383 e. The number of aromatic nitrogens is 4. The van der Waals surface area contributed by atoms with Gasteiger partial charge in [0.05, 0.1) is 16.8 Å². The normalized spacial score (nSPS) is 14.4. The Bertz CT molecular complexity index is 1210. The van der Waals surface area contributed by atoms with E-state index in [1.807, 2.05) is 12.1 Å². The van der Waals surface area contributed by atoms with Crippen LogP contribution < -0.4 is 10.6 Å². The maximum atomic E-state index is 14.7. The monoisotopic (exact) mass is 422 g/mol. The molecular formula is C22H20ClFN6. The number of halogens is 2. The second kappa shape index (κ2) is 7.57. The molecule has 3 heterocycles. The molecule has 0 saturated carbocycles. The molecule has 0 bridgehead atoms. The highest BCUT2D eigenvalue weighted by molar-refractivity contribution is 6.30. The summed E-state index contributed by atoms with van der Waals surface area (Å²) < 4.78 is 16.3. The van der Waals surface area contributed by atoms with Gasteiger partial charge in [-0.15, -0.1) is 5.10 Å². The molecule has 8 heteroatoms. The van der Waals surface area contributed by atoms with E-state index in [2.05, 4.69) is 10.00 Å². The van der Waals surface area contributed by atoms with Crippen LogP contribution in [0.2, 0.25) is 5.02 Å². The van der Waals surface area contributed by atoms with Crippen LogP contribution in [0.1, 0.15) is 19.3 Å². The summed E-state index contributed by atoms with van der Waals surface area (Å²) in [7, 11) is 0. The van der Waals surface area contributed by atoms with E-state index in [1.54, 1.807) is 35.0 Å². The summed E-state index contributed by atoms with van der Waals surface area (Å²) in [5.41, 5.74) is 8.50. The van der Waals surface area contributed by atoms with E-state index in [0.717, 1.165) is 31.6 Å². The first kappa shape index (κ1) is 18.8. The quantitative estimate of drug-likeness (QED) is 0.511. The summed E-state index contributed by atoms with van der Waals surface area (Å²) in [5.74, 6) is 0.553. The molecular weight excluding hydrogens is 403 g/mol. The van der Waals surface area contributed by atoms with Crippen LogP contribution in [0.5, 0.6) is 0 Å². The van der Waals surface area contributed by atoms with Crippen LogP contribution in [0.4, 0.5) is 16.2 Å². The molecule has 4 aromatic rings. The smallest absolute Gasteiger partial charge is 0.228 e. The fraction of sp³-hybridized carbons (Fsp3) is 0.227. The second-order valence-electron chi connectivity index (χ2n) is 7.37. The van der Waals surface area contributed by atoms with Gasteiger partial charge in [-0.2, -0.15) is 4.98 Å². The van der Waals surface area contributed by atoms with E-state index >= 15 is 0 Å². The van der Waals surface area contributed by atoms with Crippen molar-refractivity contribution in [3.8, 4) is 16.9 Å². The molecule has 2 aromatic heterocycles. The third kappa shape index (κ3) is 3.25. The molecule has 152 valence electrons. The highest BCUT2D eigenvalue weighted by Crippen LogP contribution is 2.35. The molecule has 0 radical (unpaired) electrons. The minimum absolute atomic E-state index is 0.357. The first-order valence-electron chi connectivity index (χ1n) is 9.94. The number of benzene rings is 2. The number of nitrogen functional groups attached to an aromatic ring is 1. The van der Waals surface area contributed by atoms with Crippen LogP contribution in [-0.4, -0.2) is 32.8 Å². The van der Waals surface area contributed by atoms with Crippen LogP contribution in [0.15, 0.2) is 48.5 Å². The molecule has 0 aliphatic carbocycles. The molecule has 30 heavy (non-hydrogen) atoms. The van der Waals surface area contributed by atoms with E-state index in [4.69, 9.17) is 27.3 Å². The second-order valence-corrected chi connectivity index (χ2v) is 7.81. The summed E-state index contributed by atoms with van der Waals surface area (Å²) in [6.45, 7) is 1.74. The van der Waals surface area contributed by atoms with Crippen molar-refractivity contribution in [2.24, 2.45) is 0 Å². The number of nitrogens with two attached hydrogens (primary N) is 1. The average molecular weight is 423 g/mol. The number of nitrogens with zero attached hydrogens (tertiary/aromatic N) is 5. The number of anilines is 2. The van der Waals surface area contributed by atoms with Crippen molar-refractivity contribution in [1.29, 1.82) is 0 Å². The zero-order valence-electron chi connectivity index (χ0n) is 16.2. The molecule has 2 N–H and O–H groups in total. The summed E-state index contributed by atoms with van der Waals surface area (Å²) >= 11 is 6.02. The molecule has 1 aliphatic rings. The molecule has 0 spiro atoms. The van der Waals surface area contributed by atoms with Gasteiger partial charge >= 0.3 is 0 Å². The largest absolute Gasteiger partial charge is 0.383 e. The molecule has 1 fully saturated rings. The first-order chi connectivity index (χ1) is 14.6. The van der Waals surface area contributed by atoms with Gasteiger partial charge in [-0.05, 0) is 55.7 Å². The molecule has 1 aliphatic heterocycles. The molecule has 0 unspecified atom stereocenters. The maximum absolute atomic E-state index is 14.7. The van der Waals surface area contributed by atoms with Crippen molar-refractivity contribution in [2.75, 3.05) is 23.7 Å². The van der Waals surface area contributed by atoms with E-state index < -0.39 is 0 Å². The van der Waals surface area contributed by atoms with Gasteiger partial charge in [0.1, 0.15) is 11.6 Å². The molecule has 5 rings (SSSR count). The topological polar surface area (TPSA) is 72.9 Å². The van der Waals surface area contributed by atoms with E-state index in [9.17, 15) is 4.39 Å². The van der Waals surface area contributed by atoms with Crippen LogP contribution in [0.3, 0.4) is 0 Å². The first-order valence-corrected chi connectivity index (χ1v) is 10.3. The van der Waals surface area contributed by atoms with E-state index in [0.29, 0.717) is 39.1 Å². The van der Waals surface area contributed by atoms with Crippen LogP contribution in [0.25, 0.3) is 28.0 Å². The fourth-order valence-corrected chi connectivity index (χ4v) is 3.99.